The molecule has 10 heavy (non-hydrogen) atoms. The molecule has 0 radical (unpaired) electrons. The van der Waals surface area contributed by atoms with Crippen LogP contribution >= 0.6 is 0 Å². The molecule has 0 aliphatic rings. The van der Waals surface area contributed by atoms with E-state index in [2.05, 4.69) is 5.32 Å². The smallest absolute Gasteiger partial charge is 0.180 e. The van der Waals surface area contributed by atoms with E-state index < -0.39 is 0 Å². The maximum Gasteiger partial charge on any atom is 0.180 e. The zero-order chi connectivity index (χ0) is 7.82. The van der Waals surface area contributed by atoms with Gasteiger partial charge in [0.15, 0.2) is 12.4 Å². The molecule has 1 aromatic heterocycles. The minimum Gasteiger partial charge on any atom is -0.619 e. The van der Waals surface area contributed by atoms with Crippen molar-refractivity contribution in [1.29, 1.82) is 0 Å². The first-order chi connectivity index (χ1) is 4.81. The first-order valence-corrected chi connectivity index (χ1v) is 3.03. The highest BCUT2D eigenvalue weighted by Gasteiger charge is 1.75. The van der Waals surface area contributed by atoms with Crippen LogP contribution < -0.4 is 10.0 Å². The summed E-state index contributed by atoms with van der Waals surface area (Å²) in [4.78, 5) is 0. The number of aromatic nitrogens is 1. The molecule has 1 N–H and O–H groups in total. The van der Waals surface area contributed by atoms with Gasteiger partial charge in [-0.25, -0.2) is 0 Å². The van der Waals surface area contributed by atoms with Gasteiger partial charge in [0.1, 0.15) is 0 Å². The maximum absolute atomic E-state index is 10.2. The van der Waals surface area contributed by atoms with E-state index in [9.17, 15) is 5.21 Å². The van der Waals surface area contributed by atoms with Gasteiger partial charge in [-0.05, 0) is 14.1 Å². The molecule has 3 nitrogen and oxygen atoms in total. The molecule has 1 rings (SSSR count). The second kappa shape index (κ2) is 6.04. The standard InChI is InChI=1S/C5H5NO.C2H7N/c7-6-4-2-1-3-5-6;1-3-2/h1-5H;3H,1-2H3. The van der Waals surface area contributed by atoms with Gasteiger partial charge in [-0.15, -0.1) is 0 Å². The fraction of sp³-hybridized carbons (Fsp3) is 0.286. The Hall–Kier alpha value is -1.09. The molecule has 1 heterocycles. The summed E-state index contributed by atoms with van der Waals surface area (Å²) >= 11 is 0. The summed E-state index contributed by atoms with van der Waals surface area (Å²) in [6.45, 7) is 0. The van der Waals surface area contributed by atoms with Crippen LogP contribution in [0.5, 0.6) is 0 Å². The van der Waals surface area contributed by atoms with Crippen LogP contribution in [0.25, 0.3) is 0 Å². The zero-order valence-electron chi connectivity index (χ0n) is 6.24. The number of hydrogen-bond acceptors (Lipinski definition) is 2. The lowest BCUT2D eigenvalue weighted by molar-refractivity contribution is -0.605. The van der Waals surface area contributed by atoms with Gasteiger partial charge in [-0.2, -0.15) is 4.73 Å². The van der Waals surface area contributed by atoms with E-state index in [0.717, 1.165) is 4.73 Å². The van der Waals surface area contributed by atoms with E-state index in [-0.39, 0.29) is 0 Å². The molecule has 0 saturated heterocycles. The van der Waals surface area contributed by atoms with Gasteiger partial charge < -0.3 is 10.5 Å². The number of pyridine rings is 1. The van der Waals surface area contributed by atoms with Crippen LogP contribution in [0.1, 0.15) is 0 Å². The molecule has 0 aliphatic heterocycles. The molecule has 0 spiro atoms. The van der Waals surface area contributed by atoms with Crippen LogP contribution in [0.4, 0.5) is 0 Å². The Kier molecular flexibility index (Phi) is 5.38. The fourth-order valence-electron chi connectivity index (χ4n) is 0.383. The molecule has 0 aromatic carbocycles. The van der Waals surface area contributed by atoms with Gasteiger partial charge >= 0.3 is 0 Å². The van der Waals surface area contributed by atoms with Gasteiger partial charge in [0.2, 0.25) is 0 Å². The lowest BCUT2D eigenvalue weighted by atomic mass is 10.5. The van der Waals surface area contributed by atoms with Crippen molar-refractivity contribution in [2.45, 2.75) is 0 Å². The third-order valence-electron chi connectivity index (χ3n) is 0.688. The maximum atomic E-state index is 10.2. The summed E-state index contributed by atoms with van der Waals surface area (Å²) in [5.41, 5.74) is 0. The third kappa shape index (κ3) is 5.05. The highest BCUT2D eigenvalue weighted by molar-refractivity contribution is 4.83. The lowest BCUT2D eigenvalue weighted by Gasteiger charge is -1.88. The predicted octanol–water partition coefficient (Wildman–Crippen LogP) is 0.156. The molecule has 0 fully saturated rings. The molecular weight excluding hydrogens is 128 g/mol. The van der Waals surface area contributed by atoms with Crippen molar-refractivity contribution >= 4 is 0 Å². The lowest BCUT2D eigenvalue weighted by Crippen LogP contribution is -2.22. The Morgan fingerprint density at radius 2 is 1.50 bits per heavy atom. The van der Waals surface area contributed by atoms with Crippen LogP contribution in [0.3, 0.4) is 0 Å². The summed E-state index contributed by atoms with van der Waals surface area (Å²) < 4.78 is 0.750. The van der Waals surface area contributed by atoms with Crippen molar-refractivity contribution in [3.8, 4) is 0 Å². The third-order valence-corrected chi connectivity index (χ3v) is 0.688. The number of rotatable bonds is 0. The fourth-order valence-corrected chi connectivity index (χ4v) is 0.383. The van der Waals surface area contributed by atoms with Crippen molar-refractivity contribution in [2.24, 2.45) is 0 Å². The van der Waals surface area contributed by atoms with Crippen LogP contribution in [0.2, 0.25) is 0 Å². The molecule has 0 amide bonds. The van der Waals surface area contributed by atoms with Crippen molar-refractivity contribution in [2.75, 3.05) is 14.1 Å². The first-order valence-electron chi connectivity index (χ1n) is 3.03. The van der Waals surface area contributed by atoms with Gasteiger partial charge in [0, 0.05) is 12.1 Å². The van der Waals surface area contributed by atoms with E-state index in [0.29, 0.717) is 0 Å². The number of nitrogens with zero attached hydrogens (tertiary/aromatic N) is 1. The molecule has 0 aliphatic carbocycles. The van der Waals surface area contributed by atoms with E-state index >= 15 is 0 Å². The van der Waals surface area contributed by atoms with Crippen LogP contribution in [0, 0.1) is 5.21 Å². The van der Waals surface area contributed by atoms with Crippen molar-refractivity contribution in [1.82, 2.24) is 5.32 Å². The first kappa shape index (κ1) is 8.91. The minimum absolute atomic E-state index is 0.750. The quantitative estimate of drug-likeness (QED) is 0.411. The molecule has 3 heteroatoms. The monoisotopic (exact) mass is 140 g/mol. The van der Waals surface area contributed by atoms with Gasteiger partial charge in [-0.1, -0.05) is 6.07 Å². The Bertz CT molecular complexity index is 153. The minimum atomic E-state index is 0.750. The molecule has 0 bridgehead atoms. The Morgan fingerprint density at radius 3 is 1.70 bits per heavy atom. The summed E-state index contributed by atoms with van der Waals surface area (Å²) in [6, 6.07) is 5.18. The normalized spacial score (nSPS) is 7.80. The predicted molar refractivity (Wildman–Crippen MR) is 40.4 cm³/mol. The van der Waals surface area contributed by atoms with Gasteiger partial charge in [-0.3, -0.25) is 0 Å². The van der Waals surface area contributed by atoms with E-state index in [1.54, 1.807) is 18.2 Å². The van der Waals surface area contributed by atoms with Crippen molar-refractivity contribution < 1.29 is 4.73 Å². The summed E-state index contributed by atoms with van der Waals surface area (Å²) in [5.74, 6) is 0. The molecule has 1 aromatic rings. The Labute approximate surface area is 60.9 Å². The summed E-state index contributed by atoms with van der Waals surface area (Å²) in [6.07, 6.45) is 2.89. The van der Waals surface area contributed by atoms with Crippen molar-refractivity contribution in [3.05, 3.63) is 35.8 Å². The number of hydrogen-bond donors (Lipinski definition) is 1. The van der Waals surface area contributed by atoms with E-state index in [1.807, 2.05) is 14.1 Å². The summed E-state index contributed by atoms with van der Waals surface area (Å²) in [5, 5.41) is 12.9. The topological polar surface area (TPSA) is 39.0 Å². The molecule has 0 atom stereocenters. The number of nitrogens with one attached hydrogen (secondary N) is 1. The summed E-state index contributed by atoms with van der Waals surface area (Å²) in [7, 11) is 3.75. The molecule has 56 valence electrons. The average molecular weight is 140 g/mol. The largest absolute Gasteiger partial charge is 0.619 e. The van der Waals surface area contributed by atoms with Crippen LogP contribution in [-0.4, -0.2) is 14.1 Å². The van der Waals surface area contributed by atoms with Gasteiger partial charge in [0.05, 0.1) is 0 Å². The Morgan fingerprint density at radius 1 is 1.10 bits per heavy atom. The highest BCUT2D eigenvalue weighted by Crippen LogP contribution is 1.72. The van der Waals surface area contributed by atoms with Crippen molar-refractivity contribution in [3.63, 3.8) is 0 Å². The molecular formula is C7H12N2O. The van der Waals surface area contributed by atoms with Crippen LogP contribution in [0.15, 0.2) is 30.6 Å². The van der Waals surface area contributed by atoms with E-state index in [1.165, 1.54) is 12.4 Å². The second-order valence-corrected chi connectivity index (χ2v) is 1.74. The molecule has 0 unspecified atom stereocenters. The van der Waals surface area contributed by atoms with Crippen LogP contribution in [-0.2, 0) is 0 Å². The van der Waals surface area contributed by atoms with Gasteiger partial charge in [0.25, 0.3) is 0 Å². The molecule has 0 saturated carbocycles. The second-order valence-electron chi connectivity index (χ2n) is 1.74. The Balaban J connectivity index is 0.000000236. The highest BCUT2D eigenvalue weighted by atomic mass is 16.5. The SMILES string of the molecule is CNC.[O-][n+]1ccccc1. The van der Waals surface area contributed by atoms with E-state index in [4.69, 9.17) is 0 Å². The average Bonchev–Trinajstić information content (AvgIpc) is 1.91. The zero-order valence-corrected chi connectivity index (χ0v) is 6.24.